The molecule has 5 nitrogen and oxygen atoms in total. The number of rotatable bonds is 3. The number of nitrogens with two attached hydrogens (primary N) is 1. The van der Waals surface area contributed by atoms with Crippen LogP contribution in [0.1, 0.15) is 11.1 Å². The SMILES string of the molecule is NNc1cc(NC2Cc3ccccc3C2)ncn1. The van der Waals surface area contributed by atoms with E-state index in [0.717, 1.165) is 18.7 Å². The van der Waals surface area contributed by atoms with Crippen LogP contribution in [0.15, 0.2) is 36.7 Å². The molecule has 5 heteroatoms. The third-order valence-corrected chi connectivity index (χ3v) is 3.22. The van der Waals surface area contributed by atoms with Crippen molar-refractivity contribution in [1.82, 2.24) is 9.97 Å². The molecular weight excluding hydrogens is 226 g/mol. The lowest BCUT2D eigenvalue weighted by molar-refractivity contribution is 0.768. The summed E-state index contributed by atoms with van der Waals surface area (Å²) in [7, 11) is 0. The fourth-order valence-corrected chi connectivity index (χ4v) is 2.39. The van der Waals surface area contributed by atoms with Crippen molar-refractivity contribution >= 4 is 11.6 Å². The minimum absolute atomic E-state index is 0.392. The molecule has 0 amide bonds. The number of nitrogen functional groups attached to an aromatic ring is 1. The highest BCUT2D eigenvalue weighted by Gasteiger charge is 2.20. The van der Waals surface area contributed by atoms with Crippen LogP contribution in [0.4, 0.5) is 11.6 Å². The van der Waals surface area contributed by atoms with Gasteiger partial charge in [-0.1, -0.05) is 24.3 Å². The zero-order valence-corrected chi connectivity index (χ0v) is 9.93. The van der Waals surface area contributed by atoms with Crippen molar-refractivity contribution in [2.45, 2.75) is 18.9 Å². The Bertz CT molecular complexity index is 530. The summed E-state index contributed by atoms with van der Waals surface area (Å²) in [5, 5.41) is 3.42. The van der Waals surface area contributed by atoms with Crippen LogP contribution in [0.3, 0.4) is 0 Å². The second kappa shape index (κ2) is 4.62. The molecule has 0 unspecified atom stereocenters. The highest BCUT2D eigenvalue weighted by Crippen LogP contribution is 2.24. The van der Waals surface area contributed by atoms with Gasteiger partial charge in [0.25, 0.3) is 0 Å². The Morgan fingerprint density at radius 3 is 2.39 bits per heavy atom. The minimum Gasteiger partial charge on any atom is -0.367 e. The van der Waals surface area contributed by atoms with Gasteiger partial charge in [0.1, 0.15) is 18.0 Å². The molecule has 1 aromatic carbocycles. The number of nitrogens with one attached hydrogen (secondary N) is 2. The van der Waals surface area contributed by atoms with Gasteiger partial charge in [0.05, 0.1) is 0 Å². The Morgan fingerprint density at radius 2 is 1.72 bits per heavy atom. The maximum absolute atomic E-state index is 5.33. The fourth-order valence-electron chi connectivity index (χ4n) is 2.39. The number of hydrogen-bond acceptors (Lipinski definition) is 5. The Morgan fingerprint density at radius 1 is 1.06 bits per heavy atom. The molecule has 3 rings (SSSR count). The van der Waals surface area contributed by atoms with Gasteiger partial charge >= 0.3 is 0 Å². The number of nitrogens with zero attached hydrogens (tertiary/aromatic N) is 2. The number of benzene rings is 1. The van der Waals surface area contributed by atoms with Gasteiger partial charge in [-0.15, -0.1) is 0 Å². The van der Waals surface area contributed by atoms with Crippen molar-refractivity contribution in [3.05, 3.63) is 47.8 Å². The summed E-state index contributed by atoms with van der Waals surface area (Å²) < 4.78 is 0. The first kappa shape index (κ1) is 11.0. The molecular formula is C13H15N5. The van der Waals surface area contributed by atoms with Gasteiger partial charge in [-0.25, -0.2) is 15.8 Å². The highest BCUT2D eigenvalue weighted by molar-refractivity contribution is 5.47. The van der Waals surface area contributed by atoms with Crippen LogP contribution in [0.2, 0.25) is 0 Å². The standard InChI is InChI=1S/C13H15N5/c14-18-13-7-12(15-8-16-13)17-11-5-9-3-1-2-4-10(9)6-11/h1-4,7-8,11H,5-6,14H2,(H2,15,16,17,18). The number of anilines is 2. The molecule has 1 aliphatic carbocycles. The van der Waals surface area contributed by atoms with Crippen LogP contribution in [0.5, 0.6) is 0 Å². The second-order valence-corrected chi connectivity index (χ2v) is 4.45. The molecule has 0 aliphatic heterocycles. The van der Waals surface area contributed by atoms with Gasteiger partial charge in [-0.2, -0.15) is 0 Å². The van der Waals surface area contributed by atoms with Crippen molar-refractivity contribution in [2.75, 3.05) is 10.7 Å². The van der Waals surface area contributed by atoms with Gasteiger partial charge in [0.2, 0.25) is 0 Å². The predicted molar refractivity (Wildman–Crippen MR) is 71.1 cm³/mol. The summed E-state index contributed by atoms with van der Waals surface area (Å²) in [6, 6.07) is 10.7. The summed E-state index contributed by atoms with van der Waals surface area (Å²) in [6.45, 7) is 0. The molecule has 1 aliphatic rings. The summed E-state index contributed by atoms with van der Waals surface area (Å²) in [4.78, 5) is 8.18. The number of fused-ring (bicyclic) bond motifs is 1. The first-order chi connectivity index (χ1) is 8.85. The molecule has 92 valence electrons. The average Bonchev–Trinajstić information content (AvgIpc) is 2.81. The topological polar surface area (TPSA) is 75.9 Å². The summed E-state index contributed by atoms with van der Waals surface area (Å²) in [5.41, 5.74) is 5.35. The normalized spacial score (nSPS) is 14.3. The van der Waals surface area contributed by atoms with E-state index in [1.165, 1.54) is 17.5 Å². The predicted octanol–water partition coefficient (Wildman–Crippen LogP) is 1.34. The molecule has 0 bridgehead atoms. The largest absolute Gasteiger partial charge is 0.367 e. The zero-order valence-electron chi connectivity index (χ0n) is 9.93. The molecule has 2 aromatic rings. The molecule has 4 N–H and O–H groups in total. The first-order valence-corrected chi connectivity index (χ1v) is 5.97. The Labute approximate surface area is 105 Å². The van der Waals surface area contributed by atoms with Crippen LogP contribution in [0.25, 0.3) is 0 Å². The molecule has 1 aromatic heterocycles. The minimum atomic E-state index is 0.392. The van der Waals surface area contributed by atoms with E-state index in [0.29, 0.717) is 11.9 Å². The summed E-state index contributed by atoms with van der Waals surface area (Å²) in [6.07, 6.45) is 3.57. The summed E-state index contributed by atoms with van der Waals surface area (Å²) >= 11 is 0. The maximum Gasteiger partial charge on any atom is 0.145 e. The Balaban J connectivity index is 1.72. The van der Waals surface area contributed by atoms with Crippen molar-refractivity contribution in [2.24, 2.45) is 5.84 Å². The van der Waals surface area contributed by atoms with E-state index >= 15 is 0 Å². The highest BCUT2D eigenvalue weighted by atomic mass is 15.3. The van der Waals surface area contributed by atoms with E-state index in [4.69, 9.17) is 5.84 Å². The monoisotopic (exact) mass is 241 g/mol. The van der Waals surface area contributed by atoms with E-state index in [-0.39, 0.29) is 0 Å². The van der Waals surface area contributed by atoms with E-state index in [9.17, 15) is 0 Å². The molecule has 0 atom stereocenters. The van der Waals surface area contributed by atoms with Crippen LogP contribution < -0.4 is 16.6 Å². The maximum atomic E-state index is 5.33. The summed E-state index contributed by atoms with van der Waals surface area (Å²) in [5.74, 6) is 6.74. The molecule has 0 fully saturated rings. The van der Waals surface area contributed by atoms with E-state index in [2.05, 4.69) is 45.0 Å². The van der Waals surface area contributed by atoms with Crippen LogP contribution in [-0.4, -0.2) is 16.0 Å². The molecule has 0 radical (unpaired) electrons. The van der Waals surface area contributed by atoms with Gasteiger partial charge in [-0.05, 0) is 24.0 Å². The van der Waals surface area contributed by atoms with Crippen molar-refractivity contribution in [3.8, 4) is 0 Å². The molecule has 1 heterocycles. The van der Waals surface area contributed by atoms with Crippen LogP contribution in [0, 0.1) is 0 Å². The molecule has 0 saturated carbocycles. The van der Waals surface area contributed by atoms with Crippen molar-refractivity contribution in [3.63, 3.8) is 0 Å². The lowest BCUT2D eigenvalue weighted by Gasteiger charge is -2.12. The number of hydrogen-bond donors (Lipinski definition) is 3. The quantitative estimate of drug-likeness (QED) is 0.558. The van der Waals surface area contributed by atoms with E-state index < -0.39 is 0 Å². The zero-order chi connectivity index (χ0) is 12.4. The lowest BCUT2D eigenvalue weighted by Crippen LogP contribution is -2.20. The molecule has 0 spiro atoms. The Kier molecular flexibility index (Phi) is 2.82. The smallest absolute Gasteiger partial charge is 0.145 e. The van der Waals surface area contributed by atoms with Gasteiger partial charge in [0, 0.05) is 12.1 Å². The fraction of sp³-hybridized carbons (Fsp3) is 0.231. The van der Waals surface area contributed by atoms with E-state index in [1.807, 2.05) is 6.07 Å². The van der Waals surface area contributed by atoms with Crippen LogP contribution >= 0.6 is 0 Å². The average molecular weight is 241 g/mol. The lowest BCUT2D eigenvalue weighted by atomic mass is 10.1. The van der Waals surface area contributed by atoms with E-state index in [1.54, 1.807) is 0 Å². The molecule has 0 saturated heterocycles. The van der Waals surface area contributed by atoms with Crippen molar-refractivity contribution < 1.29 is 0 Å². The third kappa shape index (κ3) is 2.12. The van der Waals surface area contributed by atoms with Gasteiger partial charge in [0.15, 0.2) is 0 Å². The first-order valence-electron chi connectivity index (χ1n) is 5.97. The second-order valence-electron chi connectivity index (χ2n) is 4.45. The molecule has 18 heavy (non-hydrogen) atoms. The van der Waals surface area contributed by atoms with Gasteiger partial charge < -0.3 is 10.7 Å². The van der Waals surface area contributed by atoms with Crippen LogP contribution in [-0.2, 0) is 12.8 Å². The van der Waals surface area contributed by atoms with Gasteiger partial charge in [-0.3, -0.25) is 0 Å². The number of hydrazine groups is 1. The number of aromatic nitrogens is 2. The Hall–Kier alpha value is -2.14. The third-order valence-electron chi connectivity index (χ3n) is 3.22. The van der Waals surface area contributed by atoms with Crippen molar-refractivity contribution in [1.29, 1.82) is 0 Å².